The molecular formula is C26H24N2O6S2. The summed E-state index contributed by atoms with van der Waals surface area (Å²) < 4.78 is 53.1. The first-order valence-electron chi connectivity index (χ1n) is 11.1. The third-order valence-corrected chi connectivity index (χ3v) is 9.05. The second-order valence-corrected chi connectivity index (χ2v) is 12.1. The third-order valence-electron chi connectivity index (χ3n) is 5.75. The van der Waals surface area contributed by atoms with E-state index in [1.165, 1.54) is 61.2 Å². The summed E-state index contributed by atoms with van der Waals surface area (Å²) in [6.45, 7) is 3.70. The van der Waals surface area contributed by atoms with Gasteiger partial charge in [0.1, 0.15) is 0 Å². The van der Waals surface area contributed by atoms with Crippen LogP contribution >= 0.6 is 0 Å². The molecular weight excluding hydrogens is 500 g/mol. The van der Waals surface area contributed by atoms with E-state index in [1.54, 1.807) is 24.3 Å². The van der Waals surface area contributed by atoms with Gasteiger partial charge in [-0.2, -0.15) is 0 Å². The van der Waals surface area contributed by atoms with E-state index in [-0.39, 0.29) is 33.8 Å². The number of rotatable bonds is 9. The minimum absolute atomic E-state index is 0.1000. The van der Waals surface area contributed by atoms with E-state index in [0.717, 1.165) is 19.1 Å². The molecule has 0 N–H and O–H groups in total. The van der Waals surface area contributed by atoms with Crippen LogP contribution in [0.1, 0.15) is 44.7 Å². The van der Waals surface area contributed by atoms with E-state index in [9.17, 15) is 26.4 Å². The number of ketones is 2. The fourth-order valence-corrected chi connectivity index (χ4v) is 5.96. The molecule has 0 aliphatic rings. The highest BCUT2D eigenvalue weighted by Crippen LogP contribution is 2.19. The van der Waals surface area contributed by atoms with E-state index in [4.69, 9.17) is 0 Å². The summed E-state index contributed by atoms with van der Waals surface area (Å²) in [7, 11) is -7.68. The van der Waals surface area contributed by atoms with Gasteiger partial charge in [0.15, 0.2) is 11.6 Å². The Morgan fingerprint density at radius 2 is 0.917 bits per heavy atom. The Balaban J connectivity index is 1.42. The van der Waals surface area contributed by atoms with Crippen molar-refractivity contribution in [2.75, 3.05) is 0 Å². The number of hydrogen-bond acceptors (Lipinski definition) is 6. The highest BCUT2D eigenvalue weighted by molar-refractivity contribution is 7.90. The van der Waals surface area contributed by atoms with Crippen LogP contribution in [-0.4, -0.2) is 36.3 Å². The van der Waals surface area contributed by atoms with Crippen LogP contribution in [0.3, 0.4) is 0 Å². The minimum atomic E-state index is -3.84. The number of aryl methyl sites for hydroxylation is 2. The lowest BCUT2D eigenvalue weighted by molar-refractivity contribution is 0.0917. The van der Waals surface area contributed by atoms with E-state index < -0.39 is 31.6 Å². The normalized spacial score (nSPS) is 11.9. The van der Waals surface area contributed by atoms with Gasteiger partial charge in [0.2, 0.25) is 0 Å². The fraction of sp³-hybridized carbons (Fsp3) is 0.154. The van der Waals surface area contributed by atoms with E-state index in [1.807, 2.05) is 13.8 Å². The zero-order chi connectivity index (χ0) is 26.1. The maximum absolute atomic E-state index is 12.8. The Morgan fingerprint density at radius 1 is 0.583 bits per heavy atom. The maximum Gasteiger partial charge on any atom is 0.267 e. The summed E-state index contributed by atoms with van der Waals surface area (Å²) >= 11 is 0. The first-order valence-corrected chi connectivity index (χ1v) is 13.9. The largest absolute Gasteiger partial charge is 0.294 e. The van der Waals surface area contributed by atoms with Crippen molar-refractivity contribution in [1.29, 1.82) is 0 Å². The van der Waals surface area contributed by atoms with Crippen LogP contribution in [0.25, 0.3) is 0 Å². The second-order valence-electron chi connectivity index (χ2n) is 8.44. The quantitative estimate of drug-likeness (QED) is 0.303. The van der Waals surface area contributed by atoms with E-state index in [0.29, 0.717) is 0 Å². The monoisotopic (exact) mass is 524 g/mol. The van der Waals surface area contributed by atoms with Gasteiger partial charge >= 0.3 is 0 Å². The van der Waals surface area contributed by atoms with Gasteiger partial charge in [0.05, 0.1) is 9.79 Å². The lowest BCUT2D eigenvalue weighted by Gasteiger charge is -2.06. The van der Waals surface area contributed by atoms with Crippen LogP contribution in [-0.2, 0) is 20.0 Å². The van der Waals surface area contributed by atoms with Gasteiger partial charge in [0, 0.05) is 48.8 Å². The Kier molecular flexibility index (Phi) is 6.83. The van der Waals surface area contributed by atoms with Crippen LogP contribution in [0, 0.1) is 13.8 Å². The van der Waals surface area contributed by atoms with Crippen molar-refractivity contribution in [3.05, 3.63) is 108 Å². The minimum Gasteiger partial charge on any atom is -0.294 e. The van der Waals surface area contributed by atoms with Crippen molar-refractivity contribution in [1.82, 2.24) is 7.94 Å². The predicted molar refractivity (Wildman–Crippen MR) is 134 cm³/mol. The molecule has 10 heteroatoms. The Labute approximate surface area is 209 Å². The molecule has 8 nitrogen and oxygen atoms in total. The summed E-state index contributed by atoms with van der Waals surface area (Å²) in [6.07, 6.45) is 4.74. The zero-order valence-corrected chi connectivity index (χ0v) is 21.3. The second kappa shape index (κ2) is 9.71. The molecule has 4 aromatic rings. The number of Topliss-reactive ketones (excluding diaryl/α,β-unsaturated/α-hetero) is 2. The molecule has 36 heavy (non-hydrogen) atoms. The summed E-state index contributed by atoms with van der Waals surface area (Å²) in [5.74, 6) is -0.791. The first-order chi connectivity index (χ1) is 17.0. The molecule has 0 aliphatic carbocycles. The molecule has 0 saturated carbocycles. The molecule has 0 saturated heterocycles. The number of nitrogens with zero attached hydrogens (tertiary/aromatic N) is 2. The SMILES string of the molecule is Cc1ccc(S(=O)(=O)n2ccc(C(=O)CCC(=O)c3ccn(S(=O)(=O)c4ccc(C)cc4)c3)c2)cc1. The summed E-state index contributed by atoms with van der Waals surface area (Å²) in [5.41, 5.74) is 2.17. The number of aromatic nitrogens is 2. The topological polar surface area (TPSA) is 112 Å². The van der Waals surface area contributed by atoms with Crippen molar-refractivity contribution in [2.24, 2.45) is 0 Å². The highest BCUT2D eigenvalue weighted by Gasteiger charge is 2.21. The van der Waals surface area contributed by atoms with Crippen LogP contribution in [0.5, 0.6) is 0 Å². The van der Waals surface area contributed by atoms with Crippen LogP contribution in [0.4, 0.5) is 0 Å². The summed E-state index contributed by atoms with van der Waals surface area (Å²) in [6, 6.07) is 15.5. The van der Waals surface area contributed by atoms with Crippen molar-refractivity contribution in [2.45, 2.75) is 36.5 Å². The molecule has 0 unspecified atom stereocenters. The molecule has 4 rings (SSSR count). The highest BCUT2D eigenvalue weighted by atomic mass is 32.2. The molecule has 0 spiro atoms. The van der Waals surface area contributed by atoms with Gasteiger partial charge in [-0.15, -0.1) is 0 Å². The molecule has 0 amide bonds. The molecule has 0 fully saturated rings. The van der Waals surface area contributed by atoms with Gasteiger partial charge in [-0.3, -0.25) is 9.59 Å². The standard InChI is InChI=1S/C26H24N2O6S2/c1-19-3-7-23(8-4-19)35(31,32)27-15-13-21(17-27)25(29)11-12-26(30)22-14-16-28(18-22)36(33,34)24-9-5-20(2)6-10-24/h3-10,13-18H,11-12H2,1-2H3. The number of hydrogen-bond donors (Lipinski definition) is 0. The van der Waals surface area contributed by atoms with Crippen LogP contribution < -0.4 is 0 Å². The summed E-state index contributed by atoms with van der Waals surface area (Å²) in [4.78, 5) is 25.4. The smallest absolute Gasteiger partial charge is 0.267 e. The summed E-state index contributed by atoms with van der Waals surface area (Å²) in [5, 5.41) is 0. The van der Waals surface area contributed by atoms with Gasteiger partial charge < -0.3 is 0 Å². The average Bonchev–Trinajstić information content (AvgIpc) is 3.54. The molecule has 0 radical (unpaired) electrons. The van der Waals surface area contributed by atoms with E-state index in [2.05, 4.69) is 0 Å². The molecule has 186 valence electrons. The zero-order valence-electron chi connectivity index (χ0n) is 19.7. The molecule has 0 aliphatic heterocycles. The van der Waals surface area contributed by atoms with Gasteiger partial charge in [-0.25, -0.2) is 24.8 Å². The van der Waals surface area contributed by atoms with Gasteiger partial charge in [0.25, 0.3) is 20.0 Å². The maximum atomic E-state index is 12.8. The van der Waals surface area contributed by atoms with Crippen molar-refractivity contribution in [3.8, 4) is 0 Å². The van der Waals surface area contributed by atoms with Gasteiger partial charge in [-0.1, -0.05) is 35.4 Å². The Hall–Kier alpha value is -3.76. The number of carbonyl (C=O) groups excluding carboxylic acids is 2. The Bertz CT molecular complexity index is 1520. The van der Waals surface area contributed by atoms with E-state index >= 15 is 0 Å². The van der Waals surface area contributed by atoms with Crippen molar-refractivity contribution in [3.63, 3.8) is 0 Å². The van der Waals surface area contributed by atoms with Crippen LogP contribution in [0.15, 0.2) is 95.2 Å². The number of carbonyl (C=O) groups is 2. The predicted octanol–water partition coefficient (Wildman–Crippen LogP) is 4.23. The van der Waals surface area contributed by atoms with Gasteiger partial charge in [-0.05, 0) is 50.2 Å². The third kappa shape index (κ3) is 5.09. The molecule has 2 aromatic heterocycles. The van der Waals surface area contributed by atoms with Crippen molar-refractivity contribution >= 4 is 31.6 Å². The molecule has 0 bridgehead atoms. The first kappa shape index (κ1) is 25.3. The lowest BCUT2D eigenvalue weighted by atomic mass is 10.1. The van der Waals surface area contributed by atoms with Crippen LogP contribution in [0.2, 0.25) is 0 Å². The van der Waals surface area contributed by atoms with Crippen molar-refractivity contribution < 1.29 is 26.4 Å². The Morgan fingerprint density at radius 3 is 1.25 bits per heavy atom. The number of benzene rings is 2. The lowest BCUT2D eigenvalue weighted by Crippen LogP contribution is -2.11. The average molecular weight is 525 g/mol. The molecule has 2 heterocycles. The molecule has 2 aromatic carbocycles. The molecule has 0 atom stereocenters. The fourth-order valence-electron chi connectivity index (χ4n) is 3.56.